The number of rotatable bonds is 1. The summed E-state index contributed by atoms with van der Waals surface area (Å²) in [7, 11) is 0. The van der Waals surface area contributed by atoms with Crippen LogP contribution in [0.5, 0.6) is 0 Å². The van der Waals surface area contributed by atoms with Gasteiger partial charge in [-0.15, -0.1) is 0 Å². The van der Waals surface area contributed by atoms with Crippen molar-refractivity contribution in [2.24, 2.45) is 0 Å². The van der Waals surface area contributed by atoms with E-state index in [9.17, 15) is 9.18 Å². The van der Waals surface area contributed by atoms with Crippen molar-refractivity contribution in [1.82, 2.24) is 24.6 Å². The molecule has 0 radical (unpaired) electrons. The van der Waals surface area contributed by atoms with Crippen molar-refractivity contribution < 1.29 is 13.7 Å². The fraction of sp³-hybridized carbons (Fsp3) is 0.294. The molecule has 4 heterocycles. The van der Waals surface area contributed by atoms with Gasteiger partial charge < -0.3 is 9.42 Å². The molecule has 0 aliphatic carbocycles. The first-order valence-corrected chi connectivity index (χ1v) is 8.12. The Kier molecular flexibility index (Phi) is 2.85. The average molecular weight is 339 g/mol. The van der Waals surface area contributed by atoms with E-state index in [1.807, 2.05) is 4.57 Å². The average Bonchev–Trinajstić information content (AvgIpc) is 3.30. The second-order valence-corrected chi connectivity index (χ2v) is 6.31. The van der Waals surface area contributed by atoms with E-state index >= 15 is 0 Å². The third-order valence-electron chi connectivity index (χ3n) is 4.81. The molecule has 0 saturated carbocycles. The molecule has 7 nitrogen and oxygen atoms in total. The molecular weight excluding hydrogens is 325 g/mol. The zero-order chi connectivity index (χ0) is 17.1. The molecule has 1 unspecified atom stereocenters. The summed E-state index contributed by atoms with van der Waals surface area (Å²) in [6.45, 7) is 2.37. The van der Waals surface area contributed by atoms with Crippen LogP contribution in [0.25, 0.3) is 17.3 Å². The number of carbonyl (C=O) groups is 1. The van der Waals surface area contributed by atoms with E-state index in [1.165, 1.54) is 12.1 Å². The van der Waals surface area contributed by atoms with E-state index in [2.05, 4.69) is 15.1 Å². The third-order valence-corrected chi connectivity index (χ3v) is 4.81. The topological polar surface area (TPSA) is 77.0 Å². The van der Waals surface area contributed by atoms with E-state index < -0.39 is 5.82 Å². The SMILES string of the molecule is Cc1noc(-c2ncn3c2C2CCCN2C(=O)c2cc(F)ccc2-3)n1. The summed E-state index contributed by atoms with van der Waals surface area (Å²) in [4.78, 5) is 23.5. The first-order valence-electron chi connectivity index (χ1n) is 8.12. The van der Waals surface area contributed by atoms with Crippen molar-refractivity contribution >= 4 is 5.91 Å². The lowest BCUT2D eigenvalue weighted by Gasteiger charge is -2.22. The molecule has 1 aromatic carbocycles. The smallest absolute Gasteiger partial charge is 0.278 e. The summed E-state index contributed by atoms with van der Waals surface area (Å²) in [6, 6.07) is 4.10. The molecule has 5 rings (SSSR count). The van der Waals surface area contributed by atoms with Crippen molar-refractivity contribution in [3.05, 3.63) is 47.4 Å². The number of nitrogens with zero attached hydrogens (tertiary/aromatic N) is 5. The van der Waals surface area contributed by atoms with Gasteiger partial charge in [0.2, 0.25) is 0 Å². The quantitative estimate of drug-likeness (QED) is 0.681. The second kappa shape index (κ2) is 4.98. The van der Waals surface area contributed by atoms with Gasteiger partial charge in [0.15, 0.2) is 11.5 Å². The van der Waals surface area contributed by atoms with E-state index in [4.69, 9.17) is 4.52 Å². The Hall–Kier alpha value is -3.03. The van der Waals surface area contributed by atoms with Gasteiger partial charge in [-0.2, -0.15) is 4.98 Å². The molecule has 2 aromatic heterocycles. The first-order chi connectivity index (χ1) is 12.1. The lowest BCUT2D eigenvalue weighted by Crippen LogP contribution is -2.29. The second-order valence-electron chi connectivity index (χ2n) is 6.31. The Morgan fingerprint density at radius 2 is 2.24 bits per heavy atom. The molecule has 2 aliphatic rings. The fourth-order valence-electron chi connectivity index (χ4n) is 3.76. The molecule has 3 aromatic rings. The lowest BCUT2D eigenvalue weighted by atomic mass is 10.1. The molecular formula is C17H14FN5O2. The summed E-state index contributed by atoms with van der Waals surface area (Å²) in [5.74, 6) is 0.260. The standard InChI is InChI=1S/C17H14FN5O2/c1-9-20-16(25-21-9)14-15-13-3-2-6-22(13)17(24)11-7-10(18)4-5-12(11)23(15)8-19-14/h4-5,7-8,13H,2-3,6H2,1H3. The first kappa shape index (κ1) is 14.3. The molecule has 0 spiro atoms. The molecule has 0 N–H and O–H groups in total. The summed E-state index contributed by atoms with van der Waals surface area (Å²) in [5.41, 5.74) is 2.37. The number of imidazole rings is 1. The van der Waals surface area contributed by atoms with Gasteiger partial charge in [-0.25, -0.2) is 9.37 Å². The highest BCUT2D eigenvalue weighted by Crippen LogP contribution is 2.42. The number of hydrogen-bond acceptors (Lipinski definition) is 5. The Bertz CT molecular complexity index is 1010. The highest BCUT2D eigenvalue weighted by atomic mass is 19.1. The number of benzene rings is 1. The number of aryl methyl sites for hydroxylation is 1. The van der Waals surface area contributed by atoms with Gasteiger partial charge in [-0.05, 0) is 38.0 Å². The van der Waals surface area contributed by atoms with Crippen molar-refractivity contribution in [3.8, 4) is 17.3 Å². The maximum absolute atomic E-state index is 13.8. The molecule has 1 amide bonds. The summed E-state index contributed by atoms with van der Waals surface area (Å²) in [5, 5.41) is 3.84. The van der Waals surface area contributed by atoms with E-state index in [0.717, 1.165) is 18.5 Å². The van der Waals surface area contributed by atoms with Crippen LogP contribution in [0, 0.1) is 12.7 Å². The Balaban J connectivity index is 1.80. The molecule has 1 atom stereocenters. The number of fused-ring (bicyclic) bond motifs is 5. The third kappa shape index (κ3) is 1.97. The van der Waals surface area contributed by atoms with Gasteiger partial charge in [-0.3, -0.25) is 9.36 Å². The van der Waals surface area contributed by atoms with Crippen LogP contribution in [-0.2, 0) is 0 Å². The maximum Gasteiger partial charge on any atom is 0.278 e. The predicted octanol–water partition coefficient (Wildman–Crippen LogP) is 2.66. The summed E-state index contributed by atoms with van der Waals surface area (Å²) >= 11 is 0. The number of amides is 1. The van der Waals surface area contributed by atoms with Crippen LogP contribution >= 0.6 is 0 Å². The van der Waals surface area contributed by atoms with Crippen LogP contribution in [0.3, 0.4) is 0 Å². The van der Waals surface area contributed by atoms with Crippen molar-refractivity contribution in [1.29, 1.82) is 0 Å². The molecule has 2 aliphatic heterocycles. The minimum Gasteiger partial charge on any atom is -0.332 e. The lowest BCUT2D eigenvalue weighted by molar-refractivity contribution is 0.0738. The zero-order valence-electron chi connectivity index (χ0n) is 13.4. The van der Waals surface area contributed by atoms with Gasteiger partial charge in [0.1, 0.15) is 12.1 Å². The highest BCUT2D eigenvalue weighted by molar-refractivity contribution is 5.99. The van der Waals surface area contributed by atoms with Gasteiger partial charge in [0.05, 0.1) is 23.0 Å². The van der Waals surface area contributed by atoms with E-state index in [0.29, 0.717) is 35.2 Å². The maximum atomic E-state index is 13.8. The van der Waals surface area contributed by atoms with Crippen LogP contribution < -0.4 is 0 Å². The van der Waals surface area contributed by atoms with E-state index in [-0.39, 0.29) is 11.9 Å². The van der Waals surface area contributed by atoms with Crippen molar-refractivity contribution in [2.75, 3.05) is 6.54 Å². The van der Waals surface area contributed by atoms with Crippen LogP contribution in [0.15, 0.2) is 29.0 Å². The molecule has 0 bridgehead atoms. The molecule has 1 saturated heterocycles. The van der Waals surface area contributed by atoms with E-state index in [1.54, 1.807) is 24.2 Å². The molecule has 25 heavy (non-hydrogen) atoms. The normalized spacial score (nSPS) is 18.7. The monoisotopic (exact) mass is 339 g/mol. The Morgan fingerprint density at radius 1 is 1.36 bits per heavy atom. The van der Waals surface area contributed by atoms with Crippen LogP contribution in [0.4, 0.5) is 4.39 Å². The number of carbonyl (C=O) groups excluding carboxylic acids is 1. The van der Waals surface area contributed by atoms with Gasteiger partial charge in [0, 0.05) is 6.54 Å². The number of hydrogen-bond donors (Lipinski definition) is 0. The van der Waals surface area contributed by atoms with Crippen LogP contribution in [0.1, 0.15) is 40.8 Å². The minimum atomic E-state index is -0.431. The highest BCUT2D eigenvalue weighted by Gasteiger charge is 2.40. The van der Waals surface area contributed by atoms with Crippen LogP contribution in [-0.4, -0.2) is 37.0 Å². The molecule has 126 valence electrons. The zero-order valence-corrected chi connectivity index (χ0v) is 13.4. The predicted molar refractivity (Wildman–Crippen MR) is 84.6 cm³/mol. The van der Waals surface area contributed by atoms with Crippen molar-refractivity contribution in [3.63, 3.8) is 0 Å². The number of aromatic nitrogens is 4. The molecule has 8 heteroatoms. The largest absolute Gasteiger partial charge is 0.332 e. The fourth-order valence-corrected chi connectivity index (χ4v) is 3.76. The van der Waals surface area contributed by atoms with Crippen LogP contribution in [0.2, 0.25) is 0 Å². The van der Waals surface area contributed by atoms with Gasteiger partial charge >= 0.3 is 0 Å². The molecule has 1 fully saturated rings. The van der Waals surface area contributed by atoms with Gasteiger partial charge in [-0.1, -0.05) is 5.16 Å². The van der Waals surface area contributed by atoms with Crippen molar-refractivity contribution in [2.45, 2.75) is 25.8 Å². The number of halogens is 1. The minimum absolute atomic E-state index is 0.146. The Labute approximate surface area is 142 Å². The summed E-state index contributed by atoms with van der Waals surface area (Å²) < 4.78 is 20.9. The van der Waals surface area contributed by atoms with Gasteiger partial charge in [0.25, 0.3) is 11.8 Å². The Morgan fingerprint density at radius 3 is 3.04 bits per heavy atom. The summed E-state index contributed by atoms with van der Waals surface area (Å²) in [6.07, 6.45) is 3.33.